The van der Waals surface area contributed by atoms with Crippen LogP contribution in [0.5, 0.6) is 5.75 Å². The van der Waals surface area contributed by atoms with Gasteiger partial charge in [-0.25, -0.2) is 4.79 Å². The number of anilines is 1. The van der Waals surface area contributed by atoms with Gasteiger partial charge in [0.1, 0.15) is 12.1 Å². The molecule has 11 heteroatoms. The minimum Gasteiger partial charge on any atom is -0.496 e. The lowest BCUT2D eigenvalue weighted by molar-refractivity contribution is -0.137. The number of nitrogens with one attached hydrogen (secondary N) is 1. The fourth-order valence-corrected chi connectivity index (χ4v) is 2.61. The number of benzene rings is 2. The summed E-state index contributed by atoms with van der Waals surface area (Å²) in [5.41, 5.74) is 2.66. The quantitative estimate of drug-likeness (QED) is 0.134. The molecule has 2 rings (SSSR count). The Balaban J connectivity index is 2.67. The largest absolute Gasteiger partial charge is 0.496 e. The normalized spacial score (nSPS) is 12.4. The number of rotatable bonds is 7. The second-order valence-corrected chi connectivity index (χ2v) is 5.84. The van der Waals surface area contributed by atoms with Crippen LogP contribution >= 0.6 is 0 Å². The molecular formula is C19H17F3N4O4. The zero-order valence-corrected chi connectivity index (χ0v) is 15.5. The van der Waals surface area contributed by atoms with E-state index in [1.54, 1.807) is 6.07 Å². The van der Waals surface area contributed by atoms with Crippen molar-refractivity contribution in [3.8, 4) is 5.75 Å². The van der Waals surface area contributed by atoms with Crippen molar-refractivity contribution in [2.75, 3.05) is 12.4 Å². The summed E-state index contributed by atoms with van der Waals surface area (Å²) in [6.07, 6.45) is -3.86. The van der Waals surface area contributed by atoms with Crippen LogP contribution in [-0.4, -0.2) is 30.3 Å². The van der Waals surface area contributed by atoms with E-state index in [1.165, 1.54) is 25.3 Å². The summed E-state index contributed by atoms with van der Waals surface area (Å²) in [6.45, 7) is 0. The van der Waals surface area contributed by atoms with Gasteiger partial charge in [-0.15, -0.1) is 0 Å². The molecule has 6 N–H and O–H groups in total. The van der Waals surface area contributed by atoms with Crippen molar-refractivity contribution in [3.63, 3.8) is 0 Å². The maximum atomic E-state index is 13.2. The second kappa shape index (κ2) is 8.99. The molecule has 0 aliphatic carbocycles. The van der Waals surface area contributed by atoms with E-state index in [1.807, 2.05) is 0 Å². The number of ether oxygens (including phenoxy) is 1. The minimum atomic E-state index is -4.77. The van der Waals surface area contributed by atoms with Gasteiger partial charge >= 0.3 is 12.1 Å². The van der Waals surface area contributed by atoms with Gasteiger partial charge in [-0.2, -0.15) is 18.3 Å². The molecule has 0 radical (unpaired) electrons. The number of carbonyl (C=O) groups is 2. The minimum absolute atomic E-state index is 0.000982. The molecule has 0 spiro atoms. The number of aliphatic carboxylic acids is 1. The number of nitrogens with two attached hydrogens (primary N) is 2. The van der Waals surface area contributed by atoms with Crippen LogP contribution in [0.15, 0.2) is 53.3 Å². The maximum Gasteiger partial charge on any atom is 0.416 e. The number of halogens is 3. The lowest BCUT2D eigenvalue weighted by Gasteiger charge is -2.14. The SMILES string of the molecule is COc1ccccc1C(C(=O)O)=C(N)C(=O)c1cc(NC=NN)cc(C(F)(F)F)c1. The van der Waals surface area contributed by atoms with Crippen LogP contribution in [0, 0.1) is 0 Å². The van der Waals surface area contributed by atoms with E-state index < -0.39 is 40.3 Å². The number of Topliss-reactive ketones (excluding diaryl/α,β-unsaturated/α-hetero) is 1. The van der Waals surface area contributed by atoms with Gasteiger partial charge in [0, 0.05) is 16.8 Å². The van der Waals surface area contributed by atoms with Gasteiger partial charge in [-0.05, 0) is 24.3 Å². The van der Waals surface area contributed by atoms with Crippen LogP contribution in [-0.2, 0) is 11.0 Å². The van der Waals surface area contributed by atoms with E-state index in [0.717, 1.165) is 18.5 Å². The highest BCUT2D eigenvalue weighted by Crippen LogP contribution is 2.33. The molecule has 2 aromatic rings. The smallest absolute Gasteiger partial charge is 0.416 e. The van der Waals surface area contributed by atoms with Crippen LogP contribution in [0.3, 0.4) is 0 Å². The molecule has 0 heterocycles. The summed E-state index contributed by atoms with van der Waals surface area (Å²) in [4.78, 5) is 24.6. The number of carboxylic acids is 1. The van der Waals surface area contributed by atoms with Crippen LogP contribution < -0.4 is 21.6 Å². The maximum absolute atomic E-state index is 13.2. The lowest BCUT2D eigenvalue weighted by atomic mass is 9.97. The Labute approximate surface area is 168 Å². The summed E-state index contributed by atoms with van der Waals surface area (Å²) in [5, 5.41) is 15.1. The first-order chi connectivity index (χ1) is 14.1. The number of methoxy groups -OCH3 is 1. The van der Waals surface area contributed by atoms with Crippen molar-refractivity contribution in [1.82, 2.24) is 0 Å². The summed E-state index contributed by atoms with van der Waals surface area (Å²) in [7, 11) is 1.29. The van der Waals surface area contributed by atoms with E-state index >= 15 is 0 Å². The van der Waals surface area contributed by atoms with Gasteiger partial charge in [0.15, 0.2) is 0 Å². The van der Waals surface area contributed by atoms with Crippen LogP contribution in [0.2, 0.25) is 0 Å². The molecule has 30 heavy (non-hydrogen) atoms. The van der Waals surface area contributed by atoms with E-state index in [-0.39, 0.29) is 17.0 Å². The fourth-order valence-electron chi connectivity index (χ4n) is 2.61. The first-order valence-electron chi connectivity index (χ1n) is 8.21. The molecular weight excluding hydrogens is 405 g/mol. The number of hydrazone groups is 1. The Morgan fingerprint density at radius 1 is 1.20 bits per heavy atom. The number of ketones is 1. The number of carbonyl (C=O) groups excluding carboxylic acids is 1. The average Bonchev–Trinajstić information content (AvgIpc) is 2.71. The highest BCUT2D eigenvalue weighted by Gasteiger charge is 2.32. The number of nitrogens with zero attached hydrogens (tertiary/aromatic N) is 1. The number of allylic oxidation sites excluding steroid dienone is 1. The first kappa shape index (κ1) is 22.3. The van der Waals surface area contributed by atoms with Crippen molar-refractivity contribution in [2.45, 2.75) is 6.18 Å². The monoisotopic (exact) mass is 422 g/mol. The van der Waals surface area contributed by atoms with Gasteiger partial charge in [-0.1, -0.05) is 18.2 Å². The Morgan fingerprint density at radius 2 is 1.87 bits per heavy atom. The zero-order valence-electron chi connectivity index (χ0n) is 15.5. The molecule has 0 unspecified atom stereocenters. The predicted molar refractivity (Wildman–Crippen MR) is 104 cm³/mol. The summed E-state index contributed by atoms with van der Waals surface area (Å²) < 4.78 is 44.8. The Kier molecular flexibility index (Phi) is 6.67. The van der Waals surface area contributed by atoms with Crippen molar-refractivity contribution in [3.05, 3.63) is 64.9 Å². The highest BCUT2D eigenvalue weighted by atomic mass is 19.4. The molecule has 0 aliphatic heterocycles. The molecule has 0 saturated heterocycles. The molecule has 0 atom stereocenters. The number of hydrogen-bond acceptors (Lipinski definition) is 6. The van der Waals surface area contributed by atoms with Gasteiger partial charge in [0.2, 0.25) is 5.78 Å². The number of para-hydroxylation sites is 1. The third-order valence-electron chi connectivity index (χ3n) is 3.93. The van der Waals surface area contributed by atoms with Gasteiger partial charge in [-0.3, -0.25) is 4.79 Å². The fraction of sp³-hybridized carbons (Fsp3) is 0.105. The molecule has 0 amide bonds. The molecule has 158 valence electrons. The standard InChI is InChI=1S/C19H17F3N4O4/c1-30-14-5-3-2-4-13(14)15(18(28)29)16(23)17(27)10-6-11(19(20,21)22)8-12(7-10)25-9-26-24/h2-9H,23-24H2,1H3,(H,25,26)(H,28,29). The van der Waals surface area contributed by atoms with Crippen molar-refractivity contribution in [1.29, 1.82) is 0 Å². The van der Waals surface area contributed by atoms with Crippen molar-refractivity contribution >= 4 is 29.4 Å². The van der Waals surface area contributed by atoms with Gasteiger partial charge in [0.25, 0.3) is 0 Å². The summed E-state index contributed by atoms with van der Waals surface area (Å²) in [6, 6.07) is 8.25. The number of hydrogen-bond donors (Lipinski definition) is 4. The van der Waals surface area contributed by atoms with Crippen molar-refractivity contribution < 1.29 is 32.6 Å². The Morgan fingerprint density at radius 3 is 2.43 bits per heavy atom. The second-order valence-electron chi connectivity index (χ2n) is 5.84. The molecule has 0 aliphatic rings. The average molecular weight is 422 g/mol. The molecule has 2 aromatic carbocycles. The lowest BCUT2D eigenvalue weighted by Crippen LogP contribution is -2.19. The predicted octanol–water partition coefficient (Wildman–Crippen LogP) is 2.67. The zero-order chi connectivity index (χ0) is 22.5. The molecule has 8 nitrogen and oxygen atoms in total. The Hall–Kier alpha value is -4.02. The van der Waals surface area contributed by atoms with E-state index in [4.69, 9.17) is 16.3 Å². The van der Waals surface area contributed by atoms with Gasteiger partial charge in [0.05, 0.1) is 23.9 Å². The number of alkyl halides is 3. The number of carboxylic acid groups (broad SMARTS) is 1. The summed E-state index contributed by atoms with van der Waals surface area (Å²) >= 11 is 0. The van der Waals surface area contributed by atoms with Crippen LogP contribution in [0.1, 0.15) is 21.5 Å². The molecule has 0 aromatic heterocycles. The summed E-state index contributed by atoms with van der Waals surface area (Å²) in [5.74, 6) is 2.38. The van der Waals surface area contributed by atoms with Gasteiger partial charge < -0.3 is 26.7 Å². The first-order valence-corrected chi connectivity index (χ1v) is 8.21. The third kappa shape index (κ3) is 4.87. The van der Waals surface area contributed by atoms with Crippen LogP contribution in [0.25, 0.3) is 5.57 Å². The highest BCUT2D eigenvalue weighted by molar-refractivity contribution is 6.26. The van der Waals surface area contributed by atoms with Crippen molar-refractivity contribution in [2.24, 2.45) is 16.7 Å². The molecule has 0 saturated carbocycles. The molecule has 0 fully saturated rings. The molecule has 0 bridgehead atoms. The Bertz CT molecular complexity index is 1030. The van der Waals surface area contributed by atoms with E-state index in [2.05, 4.69) is 10.4 Å². The third-order valence-corrected chi connectivity index (χ3v) is 3.93. The topological polar surface area (TPSA) is 140 Å². The van der Waals surface area contributed by atoms with E-state index in [9.17, 15) is 27.9 Å². The van der Waals surface area contributed by atoms with E-state index in [0.29, 0.717) is 6.07 Å². The van der Waals surface area contributed by atoms with Crippen LogP contribution in [0.4, 0.5) is 18.9 Å².